The van der Waals surface area contributed by atoms with Gasteiger partial charge in [-0.05, 0) is 36.8 Å². The predicted octanol–water partition coefficient (Wildman–Crippen LogP) is 3.07. The normalized spacial score (nSPS) is 19.9. The average Bonchev–Trinajstić information content (AvgIpc) is 2.99. The Bertz CT molecular complexity index is 739. The van der Waals surface area contributed by atoms with Gasteiger partial charge in [-0.2, -0.15) is 0 Å². The zero-order valence-electron chi connectivity index (χ0n) is 13.6. The second-order valence-electron chi connectivity index (χ2n) is 6.03. The average molecular weight is 347 g/mol. The van der Waals surface area contributed by atoms with Gasteiger partial charge in [-0.15, -0.1) is 0 Å². The molecule has 0 saturated carbocycles. The van der Waals surface area contributed by atoms with Crippen molar-refractivity contribution in [2.45, 2.75) is 25.0 Å². The summed E-state index contributed by atoms with van der Waals surface area (Å²) in [5.41, 5.74) is 0.0916. The second kappa shape index (κ2) is 7.61. The van der Waals surface area contributed by atoms with Crippen molar-refractivity contribution in [1.82, 2.24) is 4.90 Å². The quantitative estimate of drug-likeness (QED) is 0.904. The lowest BCUT2D eigenvalue weighted by molar-refractivity contribution is -0.133. The van der Waals surface area contributed by atoms with Crippen LogP contribution in [0.1, 0.15) is 24.4 Å². The Kier molecular flexibility index (Phi) is 5.28. The van der Waals surface area contributed by atoms with Crippen LogP contribution in [0.5, 0.6) is 5.75 Å². The monoisotopic (exact) mass is 347 g/mol. The molecule has 0 bridgehead atoms. The van der Waals surface area contributed by atoms with Crippen molar-refractivity contribution in [3.8, 4) is 5.75 Å². The third-order valence-corrected chi connectivity index (χ3v) is 4.24. The summed E-state index contributed by atoms with van der Waals surface area (Å²) in [7, 11) is 0. The molecule has 2 atom stereocenters. The number of ether oxygens (including phenoxy) is 1. The van der Waals surface area contributed by atoms with Crippen LogP contribution in [0.4, 0.5) is 8.78 Å². The molecular formula is C19H19F2NO3. The van der Waals surface area contributed by atoms with E-state index in [0.29, 0.717) is 5.75 Å². The molecule has 0 radical (unpaired) electrons. The molecule has 3 rings (SSSR count). The number of carbonyl (C=O) groups is 1. The largest absolute Gasteiger partial charge is 0.493 e. The standard InChI is InChI=1S/C19H19F2NO3/c20-13-6-7-17(21)16(10-13)18-11-14(23)12-22(18)19(24)8-9-25-15-4-2-1-3-5-15/h1-7,10,14,18,23H,8-9,11-12H2/t14-,18+/m0/s1. The molecule has 1 heterocycles. The summed E-state index contributed by atoms with van der Waals surface area (Å²) in [5.74, 6) is -0.762. The van der Waals surface area contributed by atoms with Crippen molar-refractivity contribution in [3.63, 3.8) is 0 Å². The molecule has 0 aromatic heterocycles. The highest BCUT2D eigenvalue weighted by Gasteiger charge is 2.36. The third kappa shape index (κ3) is 4.14. The number of amides is 1. The lowest BCUT2D eigenvalue weighted by atomic mass is 10.0. The molecule has 0 spiro atoms. The maximum atomic E-state index is 14.0. The van der Waals surface area contributed by atoms with Crippen molar-refractivity contribution in [3.05, 3.63) is 65.7 Å². The summed E-state index contributed by atoms with van der Waals surface area (Å²) >= 11 is 0. The Labute approximate surface area is 144 Å². The van der Waals surface area contributed by atoms with E-state index < -0.39 is 23.8 Å². The van der Waals surface area contributed by atoms with Gasteiger partial charge in [0.2, 0.25) is 5.91 Å². The van der Waals surface area contributed by atoms with E-state index in [-0.39, 0.29) is 37.5 Å². The zero-order valence-corrected chi connectivity index (χ0v) is 13.6. The van der Waals surface area contributed by atoms with Crippen LogP contribution in [0.25, 0.3) is 0 Å². The molecule has 1 amide bonds. The summed E-state index contributed by atoms with van der Waals surface area (Å²) in [6.07, 6.45) is -0.479. The first-order valence-electron chi connectivity index (χ1n) is 8.15. The number of para-hydroxylation sites is 1. The second-order valence-corrected chi connectivity index (χ2v) is 6.03. The van der Waals surface area contributed by atoms with Crippen molar-refractivity contribution < 1.29 is 23.4 Å². The van der Waals surface area contributed by atoms with Crippen molar-refractivity contribution in [1.29, 1.82) is 0 Å². The first kappa shape index (κ1) is 17.4. The summed E-state index contributed by atoms with van der Waals surface area (Å²) in [4.78, 5) is 13.9. The summed E-state index contributed by atoms with van der Waals surface area (Å²) in [6.45, 7) is 0.276. The van der Waals surface area contributed by atoms with Gasteiger partial charge < -0.3 is 14.7 Å². The van der Waals surface area contributed by atoms with E-state index in [1.807, 2.05) is 18.2 Å². The highest BCUT2D eigenvalue weighted by molar-refractivity contribution is 5.77. The minimum absolute atomic E-state index is 0.0916. The van der Waals surface area contributed by atoms with Crippen molar-refractivity contribution >= 4 is 5.91 Å². The number of nitrogens with zero attached hydrogens (tertiary/aromatic N) is 1. The van der Waals surface area contributed by atoms with Gasteiger partial charge in [-0.3, -0.25) is 4.79 Å². The Balaban J connectivity index is 1.66. The summed E-state index contributed by atoms with van der Waals surface area (Å²) in [5, 5.41) is 9.90. The van der Waals surface area contributed by atoms with E-state index in [9.17, 15) is 18.7 Å². The Morgan fingerprint density at radius 1 is 1.20 bits per heavy atom. The summed E-state index contributed by atoms with van der Waals surface area (Å²) in [6, 6.07) is 11.6. The lowest BCUT2D eigenvalue weighted by Gasteiger charge is -2.25. The molecule has 25 heavy (non-hydrogen) atoms. The molecule has 6 heteroatoms. The molecule has 1 N–H and O–H groups in total. The van der Waals surface area contributed by atoms with Crippen LogP contribution in [-0.2, 0) is 4.79 Å². The summed E-state index contributed by atoms with van der Waals surface area (Å²) < 4.78 is 33.0. The number of hydrogen-bond donors (Lipinski definition) is 1. The van der Waals surface area contributed by atoms with Gasteiger partial charge in [0.25, 0.3) is 0 Å². The van der Waals surface area contributed by atoms with Crippen molar-refractivity contribution in [2.75, 3.05) is 13.2 Å². The highest BCUT2D eigenvalue weighted by Crippen LogP contribution is 2.34. The first-order valence-corrected chi connectivity index (χ1v) is 8.15. The molecular weight excluding hydrogens is 328 g/mol. The smallest absolute Gasteiger partial charge is 0.226 e. The van der Waals surface area contributed by atoms with Gasteiger partial charge in [0, 0.05) is 12.1 Å². The molecule has 0 aliphatic carbocycles. The number of hydrogen-bond acceptors (Lipinski definition) is 3. The first-order chi connectivity index (χ1) is 12.0. The maximum Gasteiger partial charge on any atom is 0.226 e. The third-order valence-electron chi connectivity index (χ3n) is 4.24. The van der Waals surface area contributed by atoms with Crippen LogP contribution in [0.3, 0.4) is 0 Å². The number of aliphatic hydroxyl groups excluding tert-OH is 1. The lowest BCUT2D eigenvalue weighted by Crippen LogP contribution is -2.33. The van der Waals surface area contributed by atoms with E-state index in [2.05, 4.69) is 0 Å². The highest BCUT2D eigenvalue weighted by atomic mass is 19.1. The van der Waals surface area contributed by atoms with Gasteiger partial charge >= 0.3 is 0 Å². The molecule has 1 aliphatic heterocycles. The SMILES string of the molecule is O=C(CCOc1ccccc1)N1C[C@@H](O)C[C@@H]1c1cc(F)ccc1F. The fraction of sp³-hybridized carbons (Fsp3) is 0.316. The molecule has 1 fully saturated rings. The van der Waals surface area contributed by atoms with Crippen LogP contribution in [0, 0.1) is 11.6 Å². The molecule has 0 unspecified atom stereocenters. The van der Waals surface area contributed by atoms with Gasteiger partial charge in [-0.1, -0.05) is 18.2 Å². The van der Waals surface area contributed by atoms with Crippen LogP contribution < -0.4 is 4.74 Å². The fourth-order valence-corrected chi connectivity index (χ4v) is 3.07. The Morgan fingerprint density at radius 3 is 2.72 bits per heavy atom. The maximum absolute atomic E-state index is 14.0. The molecule has 132 valence electrons. The number of carbonyl (C=O) groups excluding carboxylic acids is 1. The number of benzene rings is 2. The Hall–Kier alpha value is -2.47. The molecule has 2 aromatic carbocycles. The van der Waals surface area contributed by atoms with Gasteiger partial charge in [-0.25, -0.2) is 8.78 Å². The number of rotatable bonds is 5. The zero-order chi connectivity index (χ0) is 17.8. The number of halogens is 2. The number of β-amino-alcohol motifs (C(OH)–C–C–N with tert-alkyl or cyclic N) is 1. The van der Waals surface area contributed by atoms with E-state index in [4.69, 9.17) is 4.74 Å². The van der Waals surface area contributed by atoms with E-state index in [1.165, 1.54) is 4.90 Å². The number of likely N-dealkylation sites (tertiary alicyclic amines) is 1. The topological polar surface area (TPSA) is 49.8 Å². The molecule has 2 aromatic rings. The van der Waals surface area contributed by atoms with E-state index in [0.717, 1.165) is 18.2 Å². The van der Waals surface area contributed by atoms with E-state index in [1.54, 1.807) is 12.1 Å². The van der Waals surface area contributed by atoms with Gasteiger partial charge in [0.1, 0.15) is 17.4 Å². The van der Waals surface area contributed by atoms with Crippen molar-refractivity contribution in [2.24, 2.45) is 0 Å². The minimum atomic E-state index is -0.758. The van der Waals surface area contributed by atoms with Gasteiger partial charge in [0.05, 0.1) is 25.2 Å². The number of aliphatic hydroxyl groups is 1. The molecule has 4 nitrogen and oxygen atoms in total. The molecule has 1 saturated heterocycles. The fourth-order valence-electron chi connectivity index (χ4n) is 3.07. The van der Waals surface area contributed by atoms with Crippen LogP contribution in [-0.4, -0.2) is 35.2 Å². The predicted molar refractivity (Wildman–Crippen MR) is 88.0 cm³/mol. The minimum Gasteiger partial charge on any atom is -0.493 e. The van der Waals surface area contributed by atoms with E-state index >= 15 is 0 Å². The van der Waals surface area contributed by atoms with Gasteiger partial charge in [0.15, 0.2) is 0 Å². The van der Waals surface area contributed by atoms with Crippen LogP contribution in [0.2, 0.25) is 0 Å². The molecule has 1 aliphatic rings. The Morgan fingerprint density at radius 2 is 1.96 bits per heavy atom. The van der Waals surface area contributed by atoms with Crippen LogP contribution >= 0.6 is 0 Å². The van der Waals surface area contributed by atoms with Crippen LogP contribution in [0.15, 0.2) is 48.5 Å².